The molecule has 114 valence electrons. The molecule has 1 N–H and O–H groups in total. The maximum atomic E-state index is 12.1. The van der Waals surface area contributed by atoms with Gasteiger partial charge in [0.15, 0.2) is 0 Å². The highest BCUT2D eigenvalue weighted by Gasteiger charge is 2.07. The van der Waals surface area contributed by atoms with Crippen LogP contribution < -0.4 is 10.1 Å². The molecule has 0 bridgehead atoms. The Kier molecular flexibility index (Phi) is 5.68. The van der Waals surface area contributed by atoms with Crippen LogP contribution in [-0.4, -0.2) is 22.7 Å². The van der Waals surface area contributed by atoms with Crippen LogP contribution in [0.4, 0.5) is 8.78 Å². The molecule has 1 atom stereocenters. The molecule has 0 amide bonds. The number of alkyl halides is 2. The van der Waals surface area contributed by atoms with Gasteiger partial charge >= 0.3 is 6.61 Å². The maximum Gasteiger partial charge on any atom is 0.387 e. The van der Waals surface area contributed by atoms with Crippen molar-refractivity contribution in [3.8, 4) is 5.75 Å². The molecule has 0 saturated heterocycles. The van der Waals surface area contributed by atoms with E-state index in [4.69, 9.17) is 0 Å². The standard InChI is InChI=1S/C15H19F2N3O/c1-12(19-7-2-9-20-10-8-18-11-20)13-3-5-14(6-4-13)21-15(16)17/h3-6,8,10-12,15,19H,2,7,9H2,1H3. The SMILES string of the molecule is CC(NCCCn1ccnc1)c1ccc(OC(F)F)cc1. The topological polar surface area (TPSA) is 39.1 Å². The molecule has 0 aliphatic heterocycles. The van der Waals surface area contributed by atoms with Crippen LogP contribution in [-0.2, 0) is 6.54 Å². The van der Waals surface area contributed by atoms with E-state index in [-0.39, 0.29) is 11.8 Å². The van der Waals surface area contributed by atoms with Gasteiger partial charge in [0.1, 0.15) is 5.75 Å². The van der Waals surface area contributed by atoms with Crippen LogP contribution in [0.1, 0.15) is 24.9 Å². The number of nitrogens with one attached hydrogen (secondary N) is 1. The highest BCUT2D eigenvalue weighted by atomic mass is 19.3. The van der Waals surface area contributed by atoms with Crippen LogP contribution >= 0.6 is 0 Å². The Labute approximate surface area is 122 Å². The van der Waals surface area contributed by atoms with Gasteiger partial charge in [-0.2, -0.15) is 8.78 Å². The number of nitrogens with zero attached hydrogens (tertiary/aromatic N) is 2. The number of benzene rings is 1. The molecule has 0 aliphatic carbocycles. The zero-order valence-corrected chi connectivity index (χ0v) is 11.9. The molecular weight excluding hydrogens is 276 g/mol. The average Bonchev–Trinajstić information content (AvgIpc) is 2.97. The Hall–Kier alpha value is -1.95. The van der Waals surface area contributed by atoms with Crippen LogP contribution in [0.25, 0.3) is 0 Å². The Morgan fingerprint density at radius 1 is 1.29 bits per heavy atom. The maximum absolute atomic E-state index is 12.1. The molecule has 4 nitrogen and oxygen atoms in total. The second-order valence-corrected chi connectivity index (χ2v) is 4.78. The summed E-state index contributed by atoms with van der Waals surface area (Å²) in [5.41, 5.74) is 1.04. The normalized spacial score (nSPS) is 12.6. The summed E-state index contributed by atoms with van der Waals surface area (Å²) in [6, 6.07) is 6.88. The molecule has 21 heavy (non-hydrogen) atoms. The molecule has 6 heteroatoms. The number of ether oxygens (including phenoxy) is 1. The van der Waals surface area contributed by atoms with Gasteiger partial charge in [0.2, 0.25) is 0 Å². The number of aryl methyl sites for hydroxylation is 1. The van der Waals surface area contributed by atoms with E-state index in [9.17, 15) is 8.78 Å². The number of aromatic nitrogens is 2. The predicted molar refractivity (Wildman–Crippen MR) is 76.3 cm³/mol. The molecule has 0 radical (unpaired) electrons. The first-order valence-corrected chi connectivity index (χ1v) is 6.89. The second kappa shape index (κ2) is 7.73. The third-order valence-electron chi connectivity index (χ3n) is 3.21. The van der Waals surface area contributed by atoms with E-state index in [0.29, 0.717) is 0 Å². The van der Waals surface area contributed by atoms with Crippen molar-refractivity contribution in [2.24, 2.45) is 0 Å². The van der Waals surface area contributed by atoms with Crippen LogP contribution in [0.3, 0.4) is 0 Å². The quantitative estimate of drug-likeness (QED) is 0.760. The molecule has 0 saturated carbocycles. The second-order valence-electron chi connectivity index (χ2n) is 4.78. The summed E-state index contributed by atoms with van der Waals surface area (Å²) in [5.74, 6) is 0.182. The van der Waals surface area contributed by atoms with E-state index in [1.54, 1.807) is 36.8 Å². The Bertz CT molecular complexity index is 514. The van der Waals surface area contributed by atoms with Crippen molar-refractivity contribution in [2.75, 3.05) is 6.54 Å². The number of hydrogen-bond acceptors (Lipinski definition) is 3. The van der Waals surface area contributed by atoms with Gasteiger partial charge in [0, 0.05) is 25.0 Å². The lowest BCUT2D eigenvalue weighted by molar-refractivity contribution is -0.0498. The molecule has 1 aromatic carbocycles. The minimum Gasteiger partial charge on any atom is -0.435 e. The van der Waals surface area contributed by atoms with Crippen molar-refractivity contribution in [2.45, 2.75) is 32.5 Å². The van der Waals surface area contributed by atoms with Gasteiger partial charge in [0.25, 0.3) is 0 Å². The molecule has 2 rings (SSSR count). The van der Waals surface area contributed by atoms with Gasteiger partial charge in [-0.1, -0.05) is 12.1 Å². The van der Waals surface area contributed by atoms with Gasteiger partial charge in [-0.05, 0) is 37.6 Å². The molecular formula is C15H19F2N3O. The summed E-state index contributed by atoms with van der Waals surface area (Å²) in [7, 11) is 0. The van der Waals surface area contributed by atoms with Crippen molar-refractivity contribution in [1.29, 1.82) is 0 Å². The highest BCUT2D eigenvalue weighted by Crippen LogP contribution is 2.19. The van der Waals surface area contributed by atoms with E-state index in [1.807, 2.05) is 17.7 Å². The molecule has 0 fully saturated rings. The van der Waals surface area contributed by atoms with E-state index in [1.165, 1.54) is 0 Å². The van der Waals surface area contributed by atoms with Gasteiger partial charge in [-0.25, -0.2) is 4.98 Å². The lowest BCUT2D eigenvalue weighted by atomic mass is 10.1. The summed E-state index contributed by atoms with van der Waals surface area (Å²) < 4.78 is 30.5. The van der Waals surface area contributed by atoms with Crippen molar-refractivity contribution in [1.82, 2.24) is 14.9 Å². The van der Waals surface area contributed by atoms with Crippen molar-refractivity contribution in [3.63, 3.8) is 0 Å². The van der Waals surface area contributed by atoms with Crippen molar-refractivity contribution >= 4 is 0 Å². The molecule has 0 spiro atoms. The Morgan fingerprint density at radius 3 is 2.67 bits per heavy atom. The average molecular weight is 295 g/mol. The molecule has 1 aromatic heterocycles. The van der Waals surface area contributed by atoms with E-state index >= 15 is 0 Å². The Morgan fingerprint density at radius 2 is 2.05 bits per heavy atom. The third-order valence-corrected chi connectivity index (χ3v) is 3.21. The molecule has 1 unspecified atom stereocenters. The zero-order valence-electron chi connectivity index (χ0n) is 11.9. The number of rotatable bonds is 8. The summed E-state index contributed by atoms with van der Waals surface area (Å²) in [5, 5.41) is 3.40. The fraction of sp³-hybridized carbons (Fsp3) is 0.400. The van der Waals surface area contributed by atoms with E-state index in [2.05, 4.69) is 15.0 Å². The van der Waals surface area contributed by atoms with Crippen LogP contribution in [0.15, 0.2) is 43.0 Å². The van der Waals surface area contributed by atoms with Gasteiger partial charge in [-0.15, -0.1) is 0 Å². The molecule has 2 aromatic rings. The number of hydrogen-bond donors (Lipinski definition) is 1. The smallest absolute Gasteiger partial charge is 0.387 e. The van der Waals surface area contributed by atoms with E-state index in [0.717, 1.165) is 25.1 Å². The number of imidazole rings is 1. The minimum atomic E-state index is -2.78. The monoisotopic (exact) mass is 295 g/mol. The summed E-state index contributed by atoms with van der Waals surface area (Å²) in [6.07, 6.45) is 6.49. The summed E-state index contributed by atoms with van der Waals surface area (Å²) in [4.78, 5) is 3.99. The lowest BCUT2D eigenvalue weighted by Gasteiger charge is -2.15. The van der Waals surface area contributed by atoms with Crippen molar-refractivity contribution in [3.05, 3.63) is 48.5 Å². The summed E-state index contributed by atoms with van der Waals surface area (Å²) >= 11 is 0. The van der Waals surface area contributed by atoms with Crippen LogP contribution in [0.5, 0.6) is 5.75 Å². The largest absolute Gasteiger partial charge is 0.435 e. The first-order chi connectivity index (χ1) is 10.1. The Balaban J connectivity index is 1.73. The first-order valence-electron chi connectivity index (χ1n) is 6.89. The molecule has 0 aliphatic rings. The van der Waals surface area contributed by atoms with Crippen LogP contribution in [0, 0.1) is 0 Å². The zero-order chi connectivity index (χ0) is 15.1. The summed E-state index contributed by atoms with van der Waals surface area (Å²) in [6.45, 7) is 1.05. The molecule has 1 heterocycles. The van der Waals surface area contributed by atoms with Gasteiger partial charge in [-0.3, -0.25) is 0 Å². The fourth-order valence-electron chi connectivity index (χ4n) is 2.05. The van der Waals surface area contributed by atoms with Crippen LogP contribution in [0.2, 0.25) is 0 Å². The van der Waals surface area contributed by atoms with E-state index < -0.39 is 6.61 Å². The third kappa shape index (κ3) is 5.15. The predicted octanol–water partition coefficient (Wildman–Crippen LogP) is 3.23. The van der Waals surface area contributed by atoms with Gasteiger partial charge < -0.3 is 14.6 Å². The fourth-order valence-corrected chi connectivity index (χ4v) is 2.05. The number of halogens is 2. The lowest BCUT2D eigenvalue weighted by Crippen LogP contribution is -2.20. The first kappa shape index (κ1) is 15.4. The van der Waals surface area contributed by atoms with Crippen molar-refractivity contribution < 1.29 is 13.5 Å². The minimum absolute atomic E-state index is 0.161. The highest BCUT2D eigenvalue weighted by molar-refractivity contribution is 5.28. The van der Waals surface area contributed by atoms with Gasteiger partial charge in [0.05, 0.1) is 6.33 Å².